The largest absolute Gasteiger partial charge is 0.465 e. The van der Waals surface area contributed by atoms with Crippen LogP contribution in [0.5, 0.6) is 0 Å². The zero-order valence-electron chi connectivity index (χ0n) is 15.4. The highest BCUT2D eigenvalue weighted by Gasteiger charge is 2.23. The lowest BCUT2D eigenvalue weighted by molar-refractivity contribution is 0.0596. The summed E-state index contributed by atoms with van der Waals surface area (Å²) < 4.78 is 32.4. The van der Waals surface area contributed by atoms with Crippen LogP contribution in [-0.2, 0) is 14.8 Å². The fraction of sp³-hybridized carbons (Fsp3) is 0.611. The summed E-state index contributed by atoms with van der Waals surface area (Å²) in [5.41, 5.74) is 0.862. The van der Waals surface area contributed by atoms with Crippen LogP contribution in [0.15, 0.2) is 23.1 Å². The Balaban J connectivity index is 0.00000338. The monoisotopic (exact) mass is 404 g/mol. The molecule has 6 nitrogen and oxygen atoms in total. The maximum absolute atomic E-state index is 12.5. The van der Waals surface area contributed by atoms with Gasteiger partial charge in [-0.05, 0) is 31.9 Å². The van der Waals surface area contributed by atoms with E-state index in [1.165, 1.54) is 44.9 Å². The maximum atomic E-state index is 12.5. The number of carbonyl (C=O) groups is 1. The number of carbonyl (C=O) groups excluding carboxylic acids is 1. The van der Waals surface area contributed by atoms with E-state index in [4.69, 9.17) is 4.74 Å². The van der Waals surface area contributed by atoms with Gasteiger partial charge in [0.1, 0.15) is 0 Å². The third-order valence-corrected chi connectivity index (χ3v) is 6.05. The molecule has 0 spiro atoms. The van der Waals surface area contributed by atoms with Gasteiger partial charge in [-0.1, -0.05) is 37.3 Å². The summed E-state index contributed by atoms with van der Waals surface area (Å²) in [6, 6.07) is 5.12. The SMILES string of the molecule is COC(=O)c1cc(C)ccc1S(=O)(=O)NCCNC1CCCCCC1.Cl. The Morgan fingerprint density at radius 3 is 2.42 bits per heavy atom. The van der Waals surface area contributed by atoms with Gasteiger partial charge < -0.3 is 10.1 Å². The summed E-state index contributed by atoms with van der Waals surface area (Å²) in [5.74, 6) is -0.652. The number of aryl methyl sites for hydroxylation is 1. The van der Waals surface area contributed by atoms with E-state index in [0.717, 1.165) is 18.4 Å². The van der Waals surface area contributed by atoms with E-state index in [1.54, 1.807) is 13.0 Å². The zero-order chi connectivity index (χ0) is 18.3. The number of rotatable bonds is 7. The van der Waals surface area contributed by atoms with E-state index in [9.17, 15) is 13.2 Å². The van der Waals surface area contributed by atoms with Gasteiger partial charge in [0, 0.05) is 19.1 Å². The van der Waals surface area contributed by atoms with Gasteiger partial charge in [-0.15, -0.1) is 12.4 Å². The first-order chi connectivity index (χ1) is 11.9. The topological polar surface area (TPSA) is 84.5 Å². The van der Waals surface area contributed by atoms with Crippen molar-refractivity contribution in [1.29, 1.82) is 0 Å². The Bertz CT molecular complexity index is 686. The molecule has 1 aliphatic carbocycles. The molecule has 0 bridgehead atoms. The molecule has 1 aromatic rings. The average molecular weight is 405 g/mol. The number of halogens is 1. The van der Waals surface area contributed by atoms with E-state index >= 15 is 0 Å². The van der Waals surface area contributed by atoms with Gasteiger partial charge in [0.2, 0.25) is 10.0 Å². The molecule has 0 aromatic heterocycles. The number of ether oxygens (including phenoxy) is 1. The van der Waals surface area contributed by atoms with Crippen LogP contribution in [0.25, 0.3) is 0 Å². The quantitative estimate of drug-likeness (QED) is 0.414. The normalized spacial score (nSPS) is 15.8. The number of benzene rings is 1. The Hall–Kier alpha value is -1.15. The highest BCUT2D eigenvalue weighted by Crippen LogP contribution is 2.19. The third kappa shape index (κ3) is 6.54. The fourth-order valence-electron chi connectivity index (χ4n) is 3.17. The predicted octanol–water partition coefficient (Wildman–Crippen LogP) is 2.79. The Morgan fingerprint density at radius 1 is 1.15 bits per heavy atom. The first kappa shape index (κ1) is 22.9. The maximum Gasteiger partial charge on any atom is 0.339 e. The minimum Gasteiger partial charge on any atom is -0.465 e. The van der Waals surface area contributed by atoms with Crippen LogP contribution in [0.4, 0.5) is 0 Å². The summed E-state index contributed by atoms with van der Waals surface area (Å²) in [7, 11) is -2.52. The van der Waals surface area contributed by atoms with Crippen LogP contribution in [0.1, 0.15) is 54.4 Å². The predicted molar refractivity (Wildman–Crippen MR) is 104 cm³/mol. The summed E-state index contributed by atoms with van der Waals surface area (Å²) >= 11 is 0. The summed E-state index contributed by atoms with van der Waals surface area (Å²) in [6.07, 6.45) is 7.34. The van der Waals surface area contributed by atoms with Gasteiger partial charge in [-0.2, -0.15) is 0 Å². The van der Waals surface area contributed by atoms with Gasteiger partial charge in [0.05, 0.1) is 17.6 Å². The zero-order valence-corrected chi connectivity index (χ0v) is 17.0. The minimum atomic E-state index is -3.76. The van der Waals surface area contributed by atoms with Crippen LogP contribution in [0.2, 0.25) is 0 Å². The molecule has 0 radical (unpaired) electrons. The summed E-state index contributed by atoms with van der Waals surface area (Å²) in [5, 5.41) is 3.42. The number of methoxy groups -OCH3 is 1. The van der Waals surface area contributed by atoms with Crippen molar-refractivity contribution in [2.75, 3.05) is 20.2 Å². The number of sulfonamides is 1. The molecule has 0 heterocycles. The van der Waals surface area contributed by atoms with Crippen molar-refractivity contribution in [3.8, 4) is 0 Å². The number of esters is 1. The second kappa shape index (κ2) is 10.9. The van der Waals surface area contributed by atoms with Gasteiger partial charge in [-0.3, -0.25) is 0 Å². The van der Waals surface area contributed by atoms with Crippen molar-refractivity contribution in [2.45, 2.75) is 56.4 Å². The number of hydrogen-bond donors (Lipinski definition) is 2. The lowest BCUT2D eigenvalue weighted by atomic mass is 10.1. The smallest absolute Gasteiger partial charge is 0.339 e. The first-order valence-corrected chi connectivity index (χ1v) is 10.3. The summed E-state index contributed by atoms with van der Waals surface area (Å²) in [4.78, 5) is 11.8. The van der Waals surface area contributed by atoms with Crippen LogP contribution in [0, 0.1) is 6.92 Å². The van der Waals surface area contributed by atoms with E-state index in [-0.39, 0.29) is 29.4 Å². The molecule has 148 valence electrons. The molecule has 2 N–H and O–H groups in total. The van der Waals surface area contributed by atoms with Crippen molar-refractivity contribution < 1.29 is 17.9 Å². The Morgan fingerprint density at radius 2 is 1.81 bits per heavy atom. The van der Waals surface area contributed by atoms with E-state index in [0.29, 0.717) is 12.6 Å². The van der Waals surface area contributed by atoms with Crippen molar-refractivity contribution in [1.82, 2.24) is 10.0 Å². The molecule has 0 unspecified atom stereocenters. The highest BCUT2D eigenvalue weighted by atomic mass is 35.5. The molecule has 0 atom stereocenters. The molecule has 2 rings (SSSR count). The highest BCUT2D eigenvalue weighted by molar-refractivity contribution is 7.89. The molecule has 0 aliphatic heterocycles. The molecule has 0 amide bonds. The van der Waals surface area contributed by atoms with Crippen LogP contribution in [0.3, 0.4) is 0 Å². The van der Waals surface area contributed by atoms with E-state index < -0.39 is 16.0 Å². The molecule has 1 saturated carbocycles. The van der Waals surface area contributed by atoms with E-state index in [1.807, 2.05) is 0 Å². The standard InChI is InChI=1S/C18H28N2O4S.ClH/c1-14-9-10-17(16(13-14)18(21)24-2)25(22,23)20-12-11-19-15-7-5-3-4-6-8-15;/h9-10,13,15,19-20H,3-8,11-12H2,1-2H3;1H. The lowest BCUT2D eigenvalue weighted by Gasteiger charge is -2.16. The van der Waals surface area contributed by atoms with Crippen LogP contribution >= 0.6 is 12.4 Å². The van der Waals surface area contributed by atoms with Crippen LogP contribution < -0.4 is 10.0 Å². The molecule has 1 aliphatic rings. The molecule has 0 saturated heterocycles. The Labute approximate surface area is 162 Å². The second-order valence-electron chi connectivity index (χ2n) is 6.53. The van der Waals surface area contributed by atoms with Gasteiger partial charge >= 0.3 is 5.97 Å². The van der Waals surface area contributed by atoms with Gasteiger partial charge in [-0.25, -0.2) is 17.9 Å². The van der Waals surface area contributed by atoms with Crippen molar-refractivity contribution >= 4 is 28.4 Å². The average Bonchev–Trinajstić information content (AvgIpc) is 2.86. The molecular weight excluding hydrogens is 376 g/mol. The van der Waals surface area contributed by atoms with Crippen LogP contribution in [-0.4, -0.2) is 40.6 Å². The molecule has 1 aromatic carbocycles. The van der Waals surface area contributed by atoms with Gasteiger partial charge in [0.15, 0.2) is 0 Å². The fourth-order valence-corrected chi connectivity index (χ4v) is 4.38. The lowest BCUT2D eigenvalue weighted by Crippen LogP contribution is -2.37. The minimum absolute atomic E-state index is 0. The molecule has 1 fully saturated rings. The first-order valence-electron chi connectivity index (χ1n) is 8.86. The van der Waals surface area contributed by atoms with Crippen molar-refractivity contribution in [2.24, 2.45) is 0 Å². The van der Waals surface area contributed by atoms with E-state index in [2.05, 4.69) is 10.0 Å². The summed E-state index contributed by atoms with van der Waals surface area (Å²) in [6.45, 7) is 2.66. The number of nitrogens with one attached hydrogen (secondary N) is 2. The van der Waals surface area contributed by atoms with Gasteiger partial charge in [0.25, 0.3) is 0 Å². The third-order valence-electron chi connectivity index (χ3n) is 4.54. The second-order valence-corrected chi connectivity index (χ2v) is 8.27. The molecule has 8 heteroatoms. The van der Waals surface area contributed by atoms with Crippen molar-refractivity contribution in [3.05, 3.63) is 29.3 Å². The molecular formula is C18H29ClN2O4S. The number of hydrogen-bond acceptors (Lipinski definition) is 5. The molecule has 26 heavy (non-hydrogen) atoms. The van der Waals surface area contributed by atoms with Crippen molar-refractivity contribution in [3.63, 3.8) is 0 Å². The Kier molecular flexibility index (Phi) is 9.57.